The van der Waals surface area contributed by atoms with Gasteiger partial charge in [0, 0.05) is 12.1 Å². The van der Waals surface area contributed by atoms with Crippen molar-refractivity contribution in [3.63, 3.8) is 0 Å². The van der Waals surface area contributed by atoms with Crippen LogP contribution in [0.15, 0.2) is 24.3 Å². The Morgan fingerprint density at radius 1 is 1.39 bits per heavy atom. The molecule has 3 nitrogen and oxygen atoms in total. The van der Waals surface area contributed by atoms with Crippen molar-refractivity contribution in [1.82, 2.24) is 4.90 Å². The molecule has 0 aliphatic carbocycles. The zero-order valence-electron chi connectivity index (χ0n) is 10.8. The fraction of sp³-hybridized carbons (Fsp3) is 0.500. The Morgan fingerprint density at radius 3 is 2.83 bits per heavy atom. The average Bonchev–Trinajstić information content (AvgIpc) is 2.58. The summed E-state index contributed by atoms with van der Waals surface area (Å²) >= 11 is 4.40. The number of nitrogens with zero attached hydrogens (tertiary/aromatic N) is 1. The highest BCUT2D eigenvalue weighted by Crippen LogP contribution is 2.24. The first-order chi connectivity index (χ1) is 8.59. The molecule has 1 unspecified atom stereocenters. The lowest BCUT2D eigenvalue weighted by Crippen LogP contribution is -2.39. The molecule has 0 radical (unpaired) electrons. The third-order valence-electron chi connectivity index (χ3n) is 3.15. The molecule has 1 aromatic carbocycles. The number of amides is 1. The molecule has 1 atom stereocenters. The van der Waals surface area contributed by atoms with E-state index in [2.05, 4.69) is 12.6 Å². The summed E-state index contributed by atoms with van der Waals surface area (Å²) in [7, 11) is 0. The molecule has 1 amide bonds. The monoisotopic (exact) mass is 265 g/mol. The lowest BCUT2D eigenvalue weighted by atomic mass is 10.1. The fourth-order valence-corrected chi connectivity index (χ4v) is 2.15. The van der Waals surface area contributed by atoms with Crippen molar-refractivity contribution < 1.29 is 9.53 Å². The van der Waals surface area contributed by atoms with Gasteiger partial charge in [0.15, 0.2) is 0 Å². The highest BCUT2D eigenvalue weighted by molar-refractivity contribution is 7.81. The Balaban J connectivity index is 2.15. The summed E-state index contributed by atoms with van der Waals surface area (Å²) in [6, 6.07) is 7.87. The number of carbonyl (C=O) groups excluding carboxylic acids is 1. The van der Waals surface area contributed by atoms with Gasteiger partial charge in [0.25, 0.3) is 0 Å². The molecular weight excluding hydrogens is 246 g/mol. The Labute approximate surface area is 114 Å². The molecule has 0 saturated heterocycles. The van der Waals surface area contributed by atoms with Gasteiger partial charge in [-0.05, 0) is 12.0 Å². The fourth-order valence-electron chi connectivity index (χ4n) is 1.99. The number of hydrogen-bond donors (Lipinski definition) is 1. The van der Waals surface area contributed by atoms with Crippen LogP contribution < -0.4 is 4.74 Å². The van der Waals surface area contributed by atoms with Crippen LogP contribution in [-0.4, -0.2) is 29.2 Å². The van der Waals surface area contributed by atoms with Crippen molar-refractivity contribution in [2.75, 3.05) is 13.2 Å². The second-order valence-electron chi connectivity index (χ2n) is 4.90. The number of fused-ring (bicyclic) bond motifs is 1. The normalized spacial score (nSPS) is 16.8. The molecule has 4 heteroatoms. The number of thiol groups is 1. The summed E-state index contributed by atoms with van der Waals surface area (Å²) in [5.74, 6) is 1.21. The van der Waals surface area contributed by atoms with Gasteiger partial charge in [0.2, 0.25) is 5.91 Å². The molecule has 0 saturated carbocycles. The maximum absolute atomic E-state index is 12.3. The van der Waals surface area contributed by atoms with Crippen LogP contribution in [0, 0.1) is 5.92 Å². The van der Waals surface area contributed by atoms with Crippen molar-refractivity contribution in [2.45, 2.75) is 25.6 Å². The van der Waals surface area contributed by atoms with Gasteiger partial charge in [-0.1, -0.05) is 32.0 Å². The van der Waals surface area contributed by atoms with E-state index in [1.807, 2.05) is 43.0 Å². The minimum atomic E-state index is -0.240. The van der Waals surface area contributed by atoms with E-state index in [0.717, 1.165) is 11.3 Å². The van der Waals surface area contributed by atoms with Crippen molar-refractivity contribution in [3.8, 4) is 5.75 Å². The highest BCUT2D eigenvalue weighted by Gasteiger charge is 2.26. The van der Waals surface area contributed by atoms with Crippen LogP contribution >= 0.6 is 12.6 Å². The maximum atomic E-state index is 12.3. The van der Waals surface area contributed by atoms with E-state index in [9.17, 15) is 4.79 Å². The second-order valence-corrected chi connectivity index (χ2v) is 5.46. The zero-order chi connectivity index (χ0) is 13.1. The smallest absolute Gasteiger partial charge is 0.236 e. The van der Waals surface area contributed by atoms with E-state index in [1.54, 1.807) is 0 Å². The number of ether oxygens (including phenoxy) is 1. The Kier molecular flexibility index (Phi) is 4.17. The van der Waals surface area contributed by atoms with Crippen LogP contribution in [0.2, 0.25) is 0 Å². The first kappa shape index (κ1) is 13.3. The van der Waals surface area contributed by atoms with Crippen LogP contribution in [0.3, 0.4) is 0 Å². The molecule has 1 aliphatic rings. The lowest BCUT2D eigenvalue weighted by Gasteiger charge is -2.25. The quantitative estimate of drug-likeness (QED) is 0.832. The van der Waals surface area contributed by atoms with Crippen molar-refractivity contribution in [2.24, 2.45) is 5.92 Å². The summed E-state index contributed by atoms with van der Waals surface area (Å²) in [6.45, 7) is 5.80. The minimum Gasteiger partial charge on any atom is -0.491 e. The van der Waals surface area contributed by atoms with Gasteiger partial charge in [-0.25, -0.2) is 0 Å². The summed E-state index contributed by atoms with van der Waals surface area (Å²) in [6.07, 6.45) is 0. The zero-order valence-corrected chi connectivity index (χ0v) is 11.7. The van der Waals surface area contributed by atoms with Crippen LogP contribution in [0.5, 0.6) is 5.75 Å². The van der Waals surface area contributed by atoms with E-state index < -0.39 is 0 Å². The van der Waals surface area contributed by atoms with E-state index in [1.165, 1.54) is 0 Å². The van der Waals surface area contributed by atoms with Crippen LogP contribution in [0.1, 0.15) is 19.4 Å². The van der Waals surface area contributed by atoms with E-state index in [-0.39, 0.29) is 17.1 Å². The maximum Gasteiger partial charge on any atom is 0.236 e. The molecule has 1 heterocycles. The van der Waals surface area contributed by atoms with Gasteiger partial charge in [-0.3, -0.25) is 4.79 Å². The summed E-state index contributed by atoms with van der Waals surface area (Å²) < 4.78 is 5.65. The Morgan fingerprint density at radius 2 is 2.11 bits per heavy atom. The minimum absolute atomic E-state index is 0.0913. The second kappa shape index (κ2) is 5.65. The Hall–Kier alpha value is -1.16. The van der Waals surface area contributed by atoms with Gasteiger partial charge in [0.05, 0.1) is 11.8 Å². The number of benzene rings is 1. The van der Waals surface area contributed by atoms with Gasteiger partial charge in [0.1, 0.15) is 12.4 Å². The van der Waals surface area contributed by atoms with Crippen molar-refractivity contribution >= 4 is 18.5 Å². The van der Waals surface area contributed by atoms with Crippen LogP contribution in [0.25, 0.3) is 0 Å². The first-order valence-electron chi connectivity index (χ1n) is 6.27. The summed E-state index contributed by atoms with van der Waals surface area (Å²) in [5.41, 5.74) is 1.06. The lowest BCUT2D eigenvalue weighted by molar-refractivity contribution is -0.132. The molecule has 0 spiro atoms. The standard InChI is InChI=1S/C14H19NO2S/c1-10(2)13(18)14(16)15-7-8-17-12-6-4-3-5-11(12)9-15/h3-6,10,13,18H,7-9H2,1-2H3. The number of carbonyl (C=O) groups is 1. The summed E-state index contributed by atoms with van der Waals surface area (Å²) in [5, 5.41) is -0.240. The van der Waals surface area contributed by atoms with Crippen molar-refractivity contribution in [1.29, 1.82) is 0 Å². The number of hydrogen-bond acceptors (Lipinski definition) is 3. The largest absolute Gasteiger partial charge is 0.491 e. The van der Waals surface area contributed by atoms with Gasteiger partial charge in [-0.2, -0.15) is 12.6 Å². The van der Waals surface area contributed by atoms with Crippen LogP contribution in [-0.2, 0) is 11.3 Å². The van der Waals surface area contributed by atoms with Gasteiger partial charge >= 0.3 is 0 Å². The number of para-hydroxylation sites is 1. The molecule has 0 N–H and O–H groups in total. The SMILES string of the molecule is CC(C)C(S)C(=O)N1CCOc2ccccc2C1. The molecule has 98 valence electrons. The molecule has 18 heavy (non-hydrogen) atoms. The Bertz CT molecular complexity index is 434. The van der Waals surface area contributed by atoms with E-state index >= 15 is 0 Å². The van der Waals surface area contributed by atoms with Crippen molar-refractivity contribution in [3.05, 3.63) is 29.8 Å². The molecule has 0 fully saturated rings. The first-order valence-corrected chi connectivity index (χ1v) is 6.79. The molecule has 1 aromatic rings. The molecule has 0 aromatic heterocycles. The molecule has 0 bridgehead atoms. The van der Waals surface area contributed by atoms with E-state index in [4.69, 9.17) is 4.74 Å². The number of rotatable bonds is 2. The van der Waals surface area contributed by atoms with E-state index in [0.29, 0.717) is 19.7 Å². The topological polar surface area (TPSA) is 29.5 Å². The predicted octanol–water partition coefficient (Wildman–Crippen LogP) is 2.36. The highest BCUT2D eigenvalue weighted by atomic mass is 32.1. The van der Waals surface area contributed by atoms with Gasteiger partial charge < -0.3 is 9.64 Å². The van der Waals surface area contributed by atoms with Crippen LogP contribution in [0.4, 0.5) is 0 Å². The van der Waals surface area contributed by atoms with Gasteiger partial charge in [-0.15, -0.1) is 0 Å². The molecule has 2 rings (SSSR count). The third-order valence-corrected chi connectivity index (χ3v) is 3.97. The molecule has 1 aliphatic heterocycles. The average molecular weight is 265 g/mol. The third kappa shape index (κ3) is 2.80. The predicted molar refractivity (Wildman–Crippen MR) is 75.0 cm³/mol. The molecular formula is C14H19NO2S. The summed E-state index contributed by atoms with van der Waals surface area (Å²) in [4.78, 5) is 14.1.